The largest absolute Gasteiger partial charge is 0.312 e. The standard InChI is InChI=1S/C11H24BrN/c1-4-5-6-7-10-13-11(2,3)8-9-12/h13H,4-10H2,1-3H3. The number of unbranched alkanes of at least 4 members (excludes halogenated alkanes) is 3. The van der Waals surface area contributed by atoms with E-state index in [-0.39, 0.29) is 0 Å². The van der Waals surface area contributed by atoms with Crippen LogP contribution >= 0.6 is 15.9 Å². The van der Waals surface area contributed by atoms with Gasteiger partial charge >= 0.3 is 0 Å². The zero-order valence-corrected chi connectivity index (χ0v) is 10.9. The summed E-state index contributed by atoms with van der Waals surface area (Å²) in [5.41, 5.74) is 0.301. The molecule has 0 heterocycles. The van der Waals surface area contributed by atoms with Crippen LogP contribution in [-0.2, 0) is 0 Å². The Morgan fingerprint density at radius 1 is 1.15 bits per heavy atom. The van der Waals surface area contributed by atoms with Crippen molar-refractivity contribution >= 4 is 15.9 Å². The quantitative estimate of drug-likeness (QED) is 0.511. The Bertz CT molecular complexity index is 113. The van der Waals surface area contributed by atoms with Crippen LogP contribution in [0.3, 0.4) is 0 Å². The van der Waals surface area contributed by atoms with Crippen LogP contribution in [0.25, 0.3) is 0 Å². The average Bonchev–Trinajstić information content (AvgIpc) is 2.04. The molecule has 0 saturated carbocycles. The van der Waals surface area contributed by atoms with Gasteiger partial charge in [0.15, 0.2) is 0 Å². The summed E-state index contributed by atoms with van der Waals surface area (Å²) in [6, 6.07) is 0. The molecule has 0 aromatic heterocycles. The highest BCUT2D eigenvalue weighted by Gasteiger charge is 2.14. The third-order valence-electron chi connectivity index (χ3n) is 2.35. The number of hydrogen-bond donors (Lipinski definition) is 1. The number of rotatable bonds is 8. The van der Waals surface area contributed by atoms with Gasteiger partial charge in [-0.05, 0) is 33.2 Å². The summed E-state index contributed by atoms with van der Waals surface area (Å²) in [4.78, 5) is 0. The monoisotopic (exact) mass is 249 g/mol. The van der Waals surface area contributed by atoms with Gasteiger partial charge in [0.2, 0.25) is 0 Å². The smallest absolute Gasteiger partial charge is 0.0133 e. The minimum absolute atomic E-state index is 0.301. The zero-order valence-electron chi connectivity index (χ0n) is 9.33. The molecule has 0 unspecified atom stereocenters. The summed E-state index contributed by atoms with van der Waals surface area (Å²) in [6.45, 7) is 7.96. The lowest BCUT2D eigenvalue weighted by Crippen LogP contribution is -2.40. The maximum absolute atomic E-state index is 3.59. The Kier molecular flexibility index (Phi) is 8.07. The molecule has 0 aromatic rings. The summed E-state index contributed by atoms with van der Waals surface area (Å²) in [5, 5.41) is 4.67. The second-order valence-corrected chi connectivity index (χ2v) is 5.10. The highest BCUT2D eigenvalue weighted by Crippen LogP contribution is 2.10. The molecule has 0 aromatic carbocycles. The molecule has 0 aliphatic heterocycles. The van der Waals surface area contributed by atoms with Crippen LogP contribution in [0.5, 0.6) is 0 Å². The van der Waals surface area contributed by atoms with Crippen molar-refractivity contribution in [1.82, 2.24) is 5.32 Å². The molecule has 0 spiro atoms. The highest BCUT2D eigenvalue weighted by molar-refractivity contribution is 9.09. The lowest BCUT2D eigenvalue weighted by atomic mass is 10.0. The first kappa shape index (κ1) is 13.4. The van der Waals surface area contributed by atoms with Crippen molar-refractivity contribution in [2.24, 2.45) is 0 Å². The number of halogens is 1. The highest BCUT2D eigenvalue weighted by atomic mass is 79.9. The number of alkyl halides is 1. The van der Waals surface area contributed by atoms with Gasteiger partial charge in [0.25, 0.3) is 0 Å². The van der Waals surface area contributed by atoms with Crippen molar-refractivity contribution in [1.29, 1.82) is 0 Å². The van der Waals surface area contributed by atoms with E-state index in [1.807, 2.05) is 0 Å². The van der Waals surface area contributed by atoms with Crippen molar-refractivity contribution in [2.45, 2.75) is 58.4 Å². The van der Waals surface area contributed by atoms with Gasteiger partial charge in [0.05, 0.1) is 0 Å². The molecule has 0 aliphatic carbocycles. The van der Waals surface area contributed by atoms with Crippen LogP contribution in [0.15, 0.2) is 0 Å². The maximum Gasteiger partial charge on any atom is 0.0133 e. The van der Waals surface area contributed by atoms with Gasteiger partial charge in [-0.2, -0.15) is 0 Å². The summed E-state index contributed by atoms with van der Waals surface area (Å²) in [5.74, 6) is 0. The predicted molar refractivity (Wildman–Crippen MR) is 64.6 cm³/mol. The van der Waals surface area contributed by atoms with Gasteiger partial charge in [-0.1, -0.05) is 42.1 Å². The van der Waals surface area contributed by atoms with E-state index in [1.54, 1.807) is 0 Å². The Morgan fingerprint density at radius 2 is 1.85 bits per heavy atom. The molecule has 0 rings (SSSR count). The van der Waals surface area contributed by atoms with Crippen molar-refractivity contribution in [3.63, 3.8) is 0 Å². The first-order valence-electron chi connectivity index (χ1n) is 5.43. The Morgan fingerprint density at radius 3 is 2.38 bits per heavy atom. The van der Waals surface area contributed by atoms with Gasteiger partial charge in [-0.3, -0.25) is 0 Å². The van der Waals surface area contributed by atoms with Crippen molar-refractivity contribution in [3.05, 3.63) is 0 Å². The first-order valence-corrected chi connectivity index (χ1v) is 6.55. The van der Waals surface area contributed by atoms with Crippen molar-refractivity contribution in [3.8, 4) is 0 Å². The van der Waals surface area contributed by atoms with Crippen LogP contribution in [0.1, 0.15) is 52.9 Å². The fourth-order valence-electron chi connectivity index (χ4n) is 1.30. The second-order valence-electron chi connectivity index (χ2n) is 4.31. The summed E-state index contributed by atoms with van der Waals surface area (Å²) >= 11 is 3.48. The Hall–Kier alpha value is 0.440. The molecule has 0 fully saturated rings. The van der Waals surface area contributed by atoms with Crippen LogP contribution in [0.2, 0.25) is 0 Å². The van der Waals surface area contributed by atoms with E-state index in [2.05, 4.69) is 42.0 Å². The first-order chi connectivity index (χ1) is 6.12. The van der Waals surface area contributed by atoms with E-state index in [1.165, 1.54) is 38.6 Å². The molecule has 0 bridgehead atoms. The van der Waals surface area contributed by atoms with Gasteiger partial charge in [-0.25, -0.2) is 0 Å². The van der Waals surface area contributed by atoms with Gasteiger partial charge in [-0.15, -0.1) is 0 Å². The molecule has 1 N–H and O–H groups in total. The van der Waals surface area contributed by atoms with Crippen LogP contribution in [-0.4, -0.2) is 17.4 Å². The van der Waals surface area contributed by atoms with Gasteiger partial charge < -0.3 is 5.32 Å². The van der Waals surface area contributed by atoms with Crippen molar-refractivity contribution in [2.75, 3.05) is 11.9 Å². The summed E-state index contributed by atoms with van der Waals surface area (Å²) in [6.07, 6.45) is 6.58. The molecule has 2 heteroatoms. The fraction of sp³-hybridized carbons (Fsp3) is 1.00. The normalized spacial score (nSPS) is 12.0. The molecule has 0 radical (unpaired) electrons. The van der Waals surface area contributed by atoms with Crippen molar-refractivity contribution < 1.29 is 0 Å². The molecule has 80 valence electrons. The molecule has 0 aliphatic rings. The zero-order chi connectivity index (χ0) is 10.2. The number of hydrogen-bond acceptors (Lipinski definition) is 1. The molecule has 1 nitrogen and oxygen atoms in total. The third-order valence-corrected chi connectivity index (χ3v) is 2.75. The summed E-state index contributed by atoms with van der Waals surface area (Å²) in [7, 11) is 0. The average molecular weight is 250 g/mol. The van der Waals surface area contributed by atoms with Gasteiger partial charge in [0.1, 0.15) is 0 Å². The van der Waals surface area contributed by atoms with E-state index in [4.69, 9.17) is 0 Å². The van der Waals surface area contributed by atoms with E-state index >= 15 is 0 Å². The lowest BCUT2D eigenvalue weighted by molar-refractivity contribution is 0.374. The van der Waals surface area contributed by atoms with E-state index < -0.39 is 0 Å². The van der Waals surface area contributed by atoms with E-state index in [0.29, 0.717) is 5.54 Å². The van der Waals surface area contributed by atoms with Crippen LogP contribution in [0.4, 0.5) is 0 Å². The minimum Gasteiger partial charge on any atom is -0.312 e. The molecule has 0 amide bonds. The minimum atomic E-state index is 0.301. The molecular formula is C11H24BrN. The molecule has 13 heavy (non-hydrogen) atoms. The Balaban J connectivity index is 3.29. The van der Waals surface area contributed by atoms with E-state index in [0.717, 1.165) is 5.33 Å². The SMILES string of the molecule is CCCCCCNC(C)(C)CCBr. The van der Waals surface area contributed by atoms with Crippen LogP contribution < -0.4 is 5.32 Å². The lowest BCUT2D eigenvalue weighted by Gasteiger charge is -2.25. The predicted octanol–water partition coefficient (Wildman–Crippen LogP) is 3.72. The Labute approximate surface area is 91.8 Å². The molecular weight excluding hydrogens is 226 g/mol. The molecule has 0 atom stereocenters. The summed E-state index contributed by atoms with van der Waals surface area (Å²) < 4.78 is 0. The van der Waals surface area contributed by atoms with Gasteiger partial charge in [0, 0.05) is 10.9 Å². The third kappa shape index (κ3) is 8.76. The fourth-order valence-corrected chi connectivity index (χ4v) is 2.29. The number of nitrogens with one attached hydrogen (secondary N) is 1. The topological polar surface area (TPSA) is 12.0 Å². The van der Waals surface area contributed by atoms with Crippen LogP contribution in [0, 0.1) is 0 Å². The maximum atomic E-state index is 3.59. The van der Waals surface area contributed by atoms with E-state index in [9.17, 15) is 0 Å². The molecule has 0 saturated heterocycles. The second kappa shape index (κ2) is 7.81.